The van der Waals surface area contributed by atoms with Crippen molar-refractivity contribution < 1.29 is 14.6 Å². The van der Waals surface area contributed by atoms with Crippen LogP contribution in [0.1, 0.15) is 47.8 Å². The van der Waals surface area contributed by atoms with Crippen LogP contribution in [-0.2, 0) is 12.8 Å². The van der Waals surface area contributed by atoms with E-state index in [1.807, 2.05) is 70.3 Å². The van der Waals surface area contributed by atoms with Crippen molar-refractivity contribution in [3.8, 4) is 11.5 Å². The molecule has 0 heterocycles. The van der Waals surface area contributed by atoms with Crippen LogP contribution in [0.15, 0.2) is 60.7 Å². The zero-order valence-corrected chi connectivity index (χ0v) is 18.2. The second-order valence-electron chi connectivity index (χ2n) is 6.79. The third kappa shape index (κ3) is 5.86. The van der Waals surface area contributed by atoms with Crippen LogP contribution in [0.25, 0.3) is 6.08 Å². The number of allylic oxidation sites excluding steroid dienone is 5. The van der Waals surface area contributed by atoms with Gasteiger partial charge in [-0.15, -0.1) is 0 Å². The van der Waals surface area contributed by atoms with E-state index in [4.69, 9.17) is 4.74 Å². The Bertz CT molecular complexity index is 938. The molecule has 0 aliphatic heterocycles. The number of hydrogen-bond donors (Lipinski definition) is 2. The van der Waals surface area contributed by atoms with E-state index in [-0.39, 0.29) is 11.5 Å². The third-order valence-electron chi connectivity index (χ3n) is 4.75. The highest BCUT2D eigenvalue weighted by Gasteiger charge is 2.17. The van der Waals surface area contributed by atoms with Crippen molar-refractivity contribution in [3.05, 3.63) is 83.0 Å². The fourth-order valence-electron chi connectivity index (χ4n) is 3.12. The molecule has 2 N–H and O–H groups in total. The summed E-state index contributed by atoms with van der Waals surface area (Å²) in [6, 6.07) is 9.24. The van der Waals surface area contributed by atoms with E-state index in [9.17, 15) is 9.90 Å². The van der Waals surface area contributed by atoms with Crippen LogP contribution in [0, 0.1) is 0 Å². The Morgan fingerprint density at radius 2 is 1.77 bits per heavy atom. The summed E-state index contributed by atoms with van der Waals surface area (Å²) in [6.45, 7) is 6.27. The lowest BCUT2D eigenvalue weighted by Gasteiger charge is -2.17. The molecule has 0 fully saturated rings. The van der Waals surface area contributed by atoms with Crippen LogP contribution < -0.4 is 10.1 Å². The maximum atomic E-state index is 12.6. The van der Waals surface area contributed by atoms with Crippen LogP contribution >= 0.6 is 0 Å². The quantitative estimate of drug-likeness (QED) is 0.291. The zero-order valence-electron chi connectivity index (χ0n) is 18.2. The molecule has 158 valence electrons. The van der Waals surface area contributed by atoms with Gasteiger partial charge >= 0.3 is 0 Å². The molecule has 0 aromatic heterocycles. The number of carbonyl (C=O) groups excluding carboxylic acids is 1. The number of ether oxygens (including phenoxy) is 1. The van der Waals surface area contributed by atoms with E-state index >= 15 is 0 Å². The predicted octanol–water partition coefficient (Wildman–Crippen LogP) is 5.97. The topological polar surface area (TPSA) is 58.6 Å². The van der Waals surface area contributed by atoms with Crippen molar-refractivity contribution in [2.75, 3.05) is 19.0 Å². The van der Waals surface area contributed by atoms with Crippen LogP contribution in [0.2, 0.25) is 0 Å². The highest BCUT2D eigenvalue weighted by Crippen LogP contribution is 2.37. The zero-order chi connectivity index (χ0) is 21.9. The number of carbonyl (C=O) groups is 1. The van der Waals surface area contributed by atoms with E-state index in [0.29, 0.717) is 30.8 Å². The summed E-state index contributed by atoms with van der Waals surface area (Å²) in [5.74, 6) is 0.783. The summed E-state index contributed by atoms with van der Waals surface area (Å²) in [4.78, 5) is 12.6. The van der Waals surface area contributed by atoms with Crippen molar-refractivity contribution >= 4 is 17.5 Å². The van der Waals surface area contributed by atoms with Gasteiger partial charge in [0.25, 0.3) is 0 Å². The Balaban J connectivity index is 2.48. The first kappa shape index (κ1) is 23.0. The number of aromatic hydroxyl groups is 1. The van der Waals surface area contributed by atoms with Gasteiger partial charge in [0.2, 0.25) is 0 Å². The van der Waals surface area contributed by atoms with E-state index < -0.39 is 0 Å². The second-order valence-corrected chi connectivity index (χ2v) is 6.79. The van der Waals surface area contributed by atoms with Crippen molar-refractivity contribution in [2.45, 2.75) is 33.6 Å². The number of hydrogen-bond acceptors (Lipinski definition) is 4. The molecule has 0 spiro atoms. The highest BCUT2D eigenvalue weighted by molar-refractivity contribution is 6.07. The first-order chi connectivity index (χ1) is 14.5. The summed E-state index contributed by atoms with van der Waals surface area (Å²) in [7, 11) is 1.84. The van der Waals surface area contributed by atoms with E-state index in [2.05, 4.69) is 5.32 Å². The molecule has 4 nitrogen and oxygen atoms in total. The van der Waals surface area contributed by atoms with E-state index in [0.717, 1.165) is 22.4 Å². The summed E-state index contributed by atoms with van der Waals surface area (Å²) < 4.78 is 5.89. The van der Waals surface area contributed by atoms with Crippen molar-refractivity contribution in [3.63, 3.8) is 0 Å². The Morgan fingerprint density at radius 3 is 2.37 bits per heavy atom. The van der Waals surface area contributed by atoms with Gasteiger partial charge in [0.05, 0.1) is 6.61 Å². The molecule has 0 amide bonds. The van der Waals surface area contributed by atoms with Crippen molar-refractivity contribution in [2.24, 2.45) is 0 Å². The Kier molecular flexibility index (Phi) is 8.95. The fraction of sp³-hybridized carbons (Fsp3) is 0.269. The molecule has 0 saturated heterocycles. The van der Waals surface area contributed by atoms with Crippen LogP contribution in [0.5, 0.6) is 11.5 Å². The lowest BCUT2D eigenvalue weighted by atomic mass is 9.97. The van der Waals surface area contributed by atoms with E-state index in [1.165, 1.54) is 0 Å². The van der Waals surface area contributed by atoms with Gasteiger partial charge in [-0.3, -0.25) is 4.79 Å². The van der Waals surface area contributed by atoms with Crippen molar-refractivity contribution in [1.29, 1.82) is 0 Å². The van der Waals surface area contributed by atoms with Gasteiger partial charge in [-0.05, 0) is 81.7 Å². The minimum Gasteiger partial charge on any atom is -0.507 e. The SMILES string of the molecule is CC=CCc1cc(C=CC(=O)c2ccc(NC)cc2)c(OCC)c(CC=CC)c1O. The number of rotatable bonds is 10. The summed E-state index contributed by atoms with van der Waals surface area (Å²) in [5, 5.41) is 13.9. The van der Waals surface area contributed by atoms with Crippen LogP contribution in [0.3, 0.4) is 0 Å². The first-order valence-electron chi connectivity index (χ1n) is 10.3. The molecule has 0 aliphatic rings. The normalized spacial score (nSPS) is 11.6. The number of ketones is 1. The highest BCUT2D eigenvalue weighted by atomic mass is 16.5. The maximum Gasteiger partial charge on any atom is 0.185 e. The molecule has 0 saturated carbocycles. The first-order valence-corrected chi connectivity index (χ1v) is 10.3. The number of benzene rings is 2. The molecule has 2 aromatic rings. The molecule has 2 rings (SSSR count). The third-order valence-corrected chi connectivity index (χ3v) is 4.75. The molecular formula is C26H31NO3. The van der Waals surface area contributed by atoms with Crippen molar-refractivity contribution in [1.82, 2.24) is 0 Å². The van der Waals surface area contributed by atoms with Crippen LogP contribution in [0.4, 0.5) is 5.69 Å². The van der Waals surface area contributed by atoms with Gasteiger partial charge in [-0.25, -0.2) is 0 Å². The van der Waals surface area contributed by atoms with E-state index in [1.54, 1.807) is 24.3 Å². The number of phenols is 1. The molecule has 0 radical (unpaired) electrons. The average Bonchev–Trinajstić information content (AvgIpc) is 2.77. The minimum atomic E-state index is -0.0850. The Hall–Kier alpha value is -3.27. The molecule has 0 aliphatic carbocycles. The van der Waals surface area contributed by atoms with Gasteiger partial charge in [0, 0.05) is 29.4 Å². The molecular weight excluding hydrogens is 374 g/mol. The molecule has 0 bridgehead atoms. The van der Waals surface area contributed by atoms with Gasteiger partial charge in [-0.1, -0.05) is 24.3 Å². The van der Waals surface area contributed by atoms with Crippen LogP contribution in [-0.4, -0.2) is 24.5 Å². The predicted molar refractivity (Wildman–Crippen MR) is 126 cm³/mol. The number of anilines is 1. The summed E-state index contributed by atoms with van der Waals surface area (Å²) >= 11 is 0. The van der Waals surface area contributed by atoms with Gasteiger partial charge in [0.15, 0.2) is 5.78 Å². The monoisotopic (exact) mass is 405 g/mol. The maximum absolute atomic E-state index is 12.6. The second kappa shape index (κ2) is 11.7. The molecule has 0 atom stereocenters. The fourth-order valence-corrected chi connectivity index (χ4v) is 3.12. The Labute approximate surface area is 179 Å². The summed E-state index contributed by atoms with van der Waals surface area (Å²) in [5.41, 5.74) is 3.90. The standard InChI is InChI=1S/C26H31NO3/c1-5-8-10-20-18-21(26(30-7-3)23(25(20)29)11-9-6-2)14-17-24(28)19-12-15-22(27-4)16-13-19/h5-6,8-9,12-18,27,29H,7,10-11H2,1-4H3. The number of nitrogens with one attached hydrogen (secondary N) is 1. The molecule has 0 unspecified atom stereocenters. The minimum absolute atomic E-state index is 0.0850. The lowest BCUT2D eigenvalue weighted by molar-refractivity contribution is 0.104. The average molecular weight is 406 g/mol. The smallest absolute Gasteiger partial charge is 0.185 e. The number of phenolic OH excluding ortho intramolecular Hbond substituents is 1. The van der Waals surface area contributed by atoms with Gasteiger partial charge in [-0.2, -0.15) is 0 Å². The van der Waals surface area contributed by atoms with Gasteiger partial charge in [0.1, 0.15) is 11.5 Å². The lowest BCUT2D eigenvalue weighted by Crippen LogP contribution is -2.02. The Morgan fingerprint density at radius 1 is 1.10 bits per heavy atom. The van der Waals surface area contributed by atoms with Gasteiger partial charge < -0.3 is 15.2 Å². The summed E-state index contributed by atoms with van der Waals surface area (Å²) in [6.07, 6.45) is 12.4. The molecule has 2 aromatic carbocycles. The molecule has 4 heteroatoms. The molecule has 30 heavy (non-hydrogen) atoms. The largest absolute Gasteiger partial charge is 0.507 e.